The molecule has 0 bridgehead atoms. The Balaban J connectivity index is 2.15. The molecule has 0 aliphatic carbocycles. The molecule has 0 aliphatic rings. The summed E-state index contributed by atoms with van der Waals surface area (Å²) in [6.07, 6.45) is -2.78. The number of halogens is 4. The lowest BCUT2D eigenvalue weighted by atomic mass is 10.2. The Morgan fingerprint density at radius 3 is 2.34 bits per heavy atom. The van der Waals surface area contributed by atoms with Crippen molar-refractivity contribution >= 4 is 45.4 Å². The summed E-state index contributed by atoms with van der Waals surface area (Å²) in [5.41, 5.74) is 0.984. The number of hydrazone groups is 1. The first kappa shape index (κ1) is 25.1. The van der Waals surface area contributed by atoms with Gasteiger partial charge in [0.2, 0.25) is 10.0 Å². The fourth-order valence-electron chi connectivity index (χ4n) is 2.39. The maximum absolute atomic E-state index is 13.0. The van der Waals surface area contributed by atoms with Gasteiger partial charge in [0.1, 0.15) is 12.3 Å². The number of ether oxygens (including phenoxy) is 1. The van der Waals surface area contributed by atoms with Crippen molar-refractivity contribution in [2.45, 2.75) is 13.1 Å². The first-order valence-corrected chi connectivity index (χ1v) is 10.9. The summed E-state index contributed by atoms with van der Waals surface area (Å²) in [5, 5.41) is 3.39. The van der Waals surface area contributed by atoms with Crippen molar-refractivity contribution in [1.82, 2.24) is 5.43 Å². The quantitative estimate of drug-likeness (QED) is 0.277. The standard InChI is InChI=1S/C19H17ClF3N3O5S/c1-12(27)31-15-6-3-13(4-7-15)10-24-25-18(28)11-26(32(2,29)30)17-9-14(19(21,22)23)5-8-16(17)20/h3-10H,11H2,1-2H3,(H,25,28)/b24-10-. The SMILES string of the molecule is CC(=O)Oc1ccc(/C=N\NC(=O)CN(c2cc(C(F)(F)F)ccc2Cl)S(C)(=O)=O)cc1. The maximum Gasteiger partial charge on any atom is 0.416 e. The van der Waals surface area contributed by atoms with Crippen LogP contribution in [-0.2, 0) is 25.8 Å². The lowest BCUT2D eigenvalue weighted by Crippen LogP contribution is -2.39. The van der Waals surface area contributed by atoms with Crippen molar-refractivity contribution < 1.29 is 35.9 Å². The average Bonchev–Trinajstić information content (AvgIpc) is 2.66. The zero-order chi connectivity index (χ0) is 24.1. The Morgan fingerprint density at radius 1 is 1.19 bits per heavy atom. The normalized spacial score (nSPS) is 11.9. The van der Waals surface area contributed by atoms with Crippen LogP contribution in [0.5, 0.6) is 5.75 Å². The highest BCUT2D eigenvalue weighted by Crippen LogP contribution is 2.36. The van der Waals surface area contributed by atoms with Gasteiger partial charge < -0.3 is 4.74 Å². The topological polar surface area (TPSA) is 105 Å². The van der Waals surface area contributed by atoms with Gasteiger partial charge in [-0.3, -0.25) is 13.9 Å². The fourth-order valence-corrected chi connectivity index (χ4v) is 3.52. The van der Waals surface area contributed by atoms with Gasteiger partial charge in [0.25, 0.3) is 5.91 Å². The van der Waals surface area contributed by atoms with Gasteiger partial charge in [-0.15, -0.1) is 0 Å². The molecule has 1 amide bonds. The second-order valence-electron chi connectivity index (χ2n) is 6.39. The van der Waals surface area contributed by atoms with Crippen molar-refractivity contribution in [3.05, 3.63) is 58.6 Å². The van der Waals surface area contributed by atoms with Crippen LogP contribution in [0, 0.1) is 0 Å². The van der Waals surface area contributed by atoms with Gasteiger partial charge in [0.05, 0.1) is 28.7 Å². The van der Waals surface area contributed by atoms with Gasteiger partial charge in [-0.05, 0) is 48.0 Å². The van der Waals surface area contributed by atoms with Gasteiger partial charge in [0, 0.05) is 6.92 Å². The summed E-state index contributed by atoms with van der Waals surface area (Å²) in [6, 6.07) is 8.21. The third-order valence-corrected chi connectivity index (χ3v) is 5.22. The van der Waals surface area contributed by atoms with E-state index < -0.39 is 45.9 Å². The van der Waals surface area contributed by atoms with Crippen LogP contribution in [0.15, 0.2) is 47.6 Å². The molecule has 2 aromatic carbocycles. The number of esters is 1. The summed E-state index contributed by atoms with van der Waals surface area (Å²) in [7, 11) is -4.16. The Hall–Kier alpha value is -3.12. The molecule has 0 saturated heterocycles. The minimum absolute atomic E-state index is 0.285. The third kappa shape index (κ3) is 7.24. The largest absolute Gasteiger partial charge is 0.427 e. The number of carbonyl (C=O) groups excluding carboxylic acids is 2. The van der Waals surface area contributed by atoms with E-state index in [2.05, 4.69) is 10.5 Å². The number of hydrogen-bond donors (Lipinski definition) is 1. The monoisotopic (exact) mass is 491 g/mol. The molecule has 0 aliphatic heterocycles. The molecule has 1 N–H and O–H groups in total. The average molecular weight is 492 g/mol. The minimum atomic E-state index is -4.74. The second-order valence-corrected chi connectivity index (χ2v) is 8.70. The van der Waals surface area contributed by atoms with Crippen molar-refractivity contribution in [1.29, 1.82) is 0 Å². The van der Waals surface area contributed by atoms with E-state index in [0.717, 1.165) is 12.3 Å². The zero-order valence-corrected chi connectivity index (χ0v) is 18.3. The summed E-state index contributed by atoms with van der Waals surface area (Å²) >= 11 is 5.89. The number of amides is 1. The van der Waals surface area contributed by atoms with Crippen molar-refractivity contribution in [3.8, 4) is 5.75 Å². The fraction of sp³-hybridized carbons (Fsp3) is 0.211. The van der Waals surface area contributed by atoms with Crippen LogP contribution in [0.3, 0.4) is 0 Å². The Kier molecular flexibility index (Phi) is 7.86. The first-order valence-electron chi connectivity index (χ1n) is 8.72. The number of sulfonamides is 1. The molecule has 172 valence electrons. The van der Waals surface area contributed by atoms with Gasteiger partial charge in [-0.1, -0.05) is 11.6 Å². The van der Waals surface area contributed by atoms with E-state index in [0.29, 0.717) is 27.8 Å². The van der Waals surface area contributed by atoms with E-state index in [9.17, 15) is 31.2 Å². The third-order valence-electron chi connectivity index (χ3n) is 3.77. The predicted molar refractivity (Wildman–Crippen MR) is 112 cm³/mol. The summed E-state index contributed by atoms with van der Waals surface area (Å²) in [5.74, 6) is -1.10. The predicted octanol–water partition coefficient (Wildman–Crippen LogP) is 3.20. The molecule has 0 heterocycles. The minimum Gasteiger partial charge on any atom is -0.427 e. The summed E-state index contributed by atoms with van der Waals surface area (Å²) in [4.78, 5) is 23.1. The summed E-state index contributed by atoms with van der Waals surface area (Å²) in [6.45, 7) is 0.389. The Morgan fingerprint density at radius 2 is 1.81 bits per heavy atom. The number of carbonyl (C=O) groups is 2. The van der Waals surface area contributed by atoms with Crippen LogP contribution in [-0.4, -0.2) is 39.3 Å². The first-order chi connectivity index (χ1) is 14.8. The van der Waals surface area contributed by atoms with Gasteiger partial charge >= 0.3 is 12.1 Å². The van der Waals surface area contributed by atoms with Crippen molar-refractivity contribution in [3.63, 3.8) is 0 Å². The van der Waals surface area contributed by atoms with E-state index in [1.54, 1.807) is 12.1 Å². The molecule has 2 rings (SSSR count). The Bertz CT molecular complexity index is 1140. The molecule has 0 fully saturated rings. The van der Waals surface area contributed by atoms with Gasteiger partial charge in [0.15, 0.2) is 0 Å². The number of nitrogens with one attached hydrogen (secondary N) is 1. The molecule has 0 aromatic heterocycles. The number of benzene rings is 2. The molecule has 0 atom stereocenters. The number of hydrogen-bond acceptors (Lipinski definition) is 6. The van der Waals surface area contributed by atoms with E-state index in [1.165, 1.54) is 25.3 Å². The van der Waals surface area contributed by atoms with E-state index >= 15 is 0 Å². The highest BCUT2D eigenvalue weighted by molar-refractivity contribution is 7.92. The molecule has 0 radical (unpaired) electrons. The van der Waals surface area contributed by atoms with Crippen LogP contribution in [0.4, 0.5) is 18.9 Å². The number of alkyl halides is 3. The van der Waals surface area contributed by atoms with E-state index in [-0.39, 0.29) is 5.02 Å². The lowest BCUT2D eigenvalue weighted by molar-refractivity contribution is -0.137. The molecule has 2 aromatic rings. The Labute approximate surface area is 186 Å². The summed E-state index contributed by atoms with van der Waals surface area (Å²) < 4.78 is 68.6. The van der Waals surface area contributed by atoms with Crippen molar-refractivity contribution in [2.24, 2.45) is 5.10 Å². The molecule has 0 unspecified atom stereocenters. The molecule has 8 nitrogen and oxygen atoms in total. The van der Waals surface area contributed by atoms with Crippen molar-refractivity contribution in [2.75, 3.05) is 17.1 Å². The molecule has 13 heteroatoms. The maximum atomic E-state index is 13.0. The molecule has 0 saturated carbocycles. The van der Waals surface area contributed by atoms with Crippen LogP contribution in [0.25, 0.3) is 0 Å². The van der Waals surface area contributed by atoms with Crippen LogP contribution in [0.1, 0.15) is 18.1 Å². The molecular formula is C19H17ClF3N3O5S. The smallest absolute Gasteiger partial charge is 0.416 e. The van der Waals surface area contributed by atoms with E-state index in [1.807, 2.05) is 0 Å². The molecule has 32 heavy (non-hydrogen) atoms. The van der Waals surface area contributed by atoms with Crippen LogP contribution in [0.2, 0.25) is 5.02 Å². The van der Waals surface area contributed by atoms with E-state index in [4.69, 9.17) is 16.3 Å². The number of anilines is 1. The lowest BCUT2D eigenvalue weighted by Gasteiger charge is -2.23. The second kappa shape index (κ2) is 10.0. The van der Waals surface area contributed by atoms with Gasteiger partial charge in [-0.25, -0.2) is 13.8 Å². The van der Waals surface area contributed by atoms with Crippen LogP contribution >= 0.6 is 11.6 Å². The van der Waals surface area contributed by atoms with Gasteiger partial charge in [-0.2, -0.15) is 18.3 Å². The number of rotatable bonds is 7. The highest BCUT2D eigenvalue weighted by atomic mass is 35.5. The van der Waals surface area contributed by atoms with Crippen LogP contribution < -0.4 is 14.5 Å². The molecular weight excluding hydrogens is 475 g/mol. The molecule has 0 spiro atoms. The highest BCUT2D eigenvalue weighted by Gasteiger charge is 2.33. The zero-order valence-electron chi connectivity index (χ0n) is 16.7. The number of nitrogens with zero attached hydrogens (tertiary/aromatic N) is 2.